The highest BCUT2D eigenvalue weighted by Crippen LogP contribution is 2.36. The van der Waals surface area contributed by atoms with Gasteiger partial charge in [-0.1, -0.05) is 0 Å². The minimum Gasteiger partial charge on any atom is -0.488 e. The van der Waals surface area contributed by atoms with E-state index in [1.165, 1.54) is 12.1 Å². The molecular weight excluding hydrogens is 289 g/mol. The quantitative estimate of drug-likeness (QED) is 0.851. The highest BCUT2D eigenvalue weighted by molar-refractivity contribution is 9.10. The lowest BCUT2D eigenvalue weighted by Crippen LogP contribution is -2.11. The molecule has 1 aliphatic carbocycles. The van der Waals surface area contributed by atoms with Crippen molar-refractivity contribution >= 4 is 21.7 Å². The maximum Gasteiger partial charge on any atom is 0.168 e. The molecule has 0 amide bonds. The van der Waals surface area contributed by atoms with Crippen molar-refractivity contribution in [2.75, 3.05) is 6.54 Å². The summed E-state index contributed by atoms with van der Waals surface area (Å²) in [6.07, 6.45) is 2.31. The van der Waals surface area contributed by atoms with Crippen LogP contribution in [0.3, 0.4) is 0 Å². The predicted molar refractivity (Wildman–Crippen MR) is 65.8 cm³/mol. The SMILES string of the molecule is NCCC(=O)c1cc(F)cc(Br)c1OC1CC1. The van der Waals surface area contributed by atoms with Crippen molar-refractivity contribution in [2.45, 2.75) is 25.4 Å². The Hall–Kier alpha value is -0.940. The number of hydrogen-bond donors (Lipinski definition) is 1. The number of hydrogen-bond acceptors (Lipinski definition) is 3. The fraction of sp³-hybridized carbons (Fsp3) is 0.417. The van der Waals surface area contributed by atoms with Gasteiger partial charge in [0.05, 0.1) is 16.1 Å². The Balaban J connectivity index is 2.34. The standard InChI is InChI=1S/C12H13BrFNO2/c13-10-6-7(14)5-9(11(16)3-4-15)12(10)17-8-1-2-8/h5-6,8H,1-4,15H2. The van der Waals surface area contributed by atoms with Gasteiger partial charge in [0.15, 0.2) is 5.78 Å². The van der Waals surface area contributed by atoms with Gasteiger partial charge < -0.3 is 10.5 Å². The summed E-state index contributed by atoms with van der Waals surface area (Å²) in [6.45, 7) is 0.246. The largest absolute Gasteiger partial charge is 0.488 e. The van der Waals surface area contributed by atoms with Gasteiger partial charge in [0.25, 0.3) is 0 Å². The highest BCUT2D eigenvalue weighted by atomic mass is 79.9. The molecule has 1 saturated carbocycles. The van der Waals surface area contributed by atoms with Gasteiger partial charge in [-0.3, -0.25) is 4.79 Å². The average molecular weight is 302 g/mol. The van der Waals surface area contributed by atoms with Crippen molar-refractivity contribution in [1.82, 2.24) is 0 Å². The zero-order chi connectivity index (χ0) is 12.4. The number of halogens is 2. The van der Waals surface area contributed by atoms with E-state index in [-0.39, 0.29) is 30.4 Å². The van der Waals surface area contributed by atoms with E-state index in [2.05, 4.69) is 15.9 Å². The molecule has 0 aliphatic heterocycles. The van der Waals surface area contributed by atoms with Crippen LogP contribution in [0.2, 0.25) is 0 Å². The second-order valence-electron chi connectivity index (χ2n) is 4.04. The Morgan fingerprint density at radius 3 is 2.82 bits per heavy atom. The molecule has 1 aliphatic rings. The van der Waals surface area contributed by atoms with Crippen molar-refractivity contribution in [2.24, 2.45) is 5.73 Å². The Morgan fingerprint density at radius 1 is 1.53 bits per heavy atom. The predicted octanol–water partition coefficient (Wildman–Crippen LogP) is 2.66. The van der Waals surface area contributed by atoms with Gasteiger partial charge in [0.1, 0.15) is 11.6 Å². The molecule has 3 nitrogen and oxygen atoms in total. The van der Waals surface area contributed by atoms with Crippen molar-refractivity contribution in [3.8, 4) is 5.75 Å². The summed E-state index contributed by atoms with van der Waals surface area (Å²) in [6, 6.07) is 2.51. The third-order valence-electron chi connectivity index (χ3n) is 2.49. The van der Waals surface area contributed by atoms with Crippen LogP contribution in [0.5, 0.6) is 5.75 Å². The summed E-state index contributed by atoms with van der Waals surface area (Å²) in [7, 11) is 0. The molecule has 0 saturated heterocycles. The van der Waals surface area contributed by atoms with Gasteiger partial charge in [0.2, 0.25) is 0 Å². The molecule has 0 radical (unpaired) electrons. The number of carbonyl (C=O) groups is 1. The second kappa shape index (κ2) is 5.14. The van der Waals surface area contributed by atoms with E-state index >= 15 is 0 Å². The van der Waals surface area contributed by atoms with Crippen LogP contribution in [0.4, 0.5) is 4.39 Å². The minimum atomic E-state index is -0.458. The Morgan fingerprint density at radius 2 is 2.24 bits per heavy atom. The van der Waals surface area contributed by atoms with Crippen LogP contribution in [0.15, 0.2) is 16.6 Å². The summed E-state index contributed by atoms with van der Waals surface area (Å²) >= 11 is 3.23. The molecule has 0 atom stereocenters. The summed E-state index contributed by atoms with van der Waals surface area (Å²) < 4.78 is 19.4. The van der Waals surface area contributed by atoms with E-state index in [0.717, 1.165) is 12.8 Å². The van der Waals surface area contributed by atoms with Gasteiger partial charge in [-0.25, -0.2) is 4.39 Å². The van der Waals surface area contributed by atoms with Crippen molar-refractivity contribution in [3.63, 3.8) is 0 Å². The molecular formula is C12H13BrFNO2. The molecule has 92 valence electrons. The molecule has 1 aromatic rings. The third-order valence-corrected chi connectivity index (χ3v) is 3.08. The maximum absolute atomic E-state index is 13.3. The topological polar surface area (TPSA) is 52.3 Å². The monoisotopic (exact) mass is 301 g/mol. The van der Waals surface area contributed by atoms with Crippen molar-refractivity contribution < 1.29 is 13.9 Å². The fourth-order valence-corrected chi connectivity index (χ4v) is 2.03. The number of carbonyl (C=O) groups excluding carboxylic acids is 1. The molecule has 0 bridgehead atoms. The van der Waals surface area contributed by atoms with Gasteiger partial charge in [0, 0.05) is 6.42 Å². The fourth-order valence-electron chi connectivity index (χ4n) is 1.51. The van der Waals surface area contributed by atoms with Crippen LogP contribution in [-0.2, 0) is 0 Å². The molecule has 17 heavy (non-hydrogen) atoms. The number of rotatable bonds is 5. The first kappa shape index (κ1) is 12.5. The summed E-state index contributed by atoms with van der Waals surface area (Å²) in [5.74, 6) is -0.212. The number of Topliss-reactive ketones (excluding diaryl/α,β-unsaturated/α-hetero) is 1. The van der Waals surface area contributed by atoms with Crippen LogP contribution in [0, 0.1) is 5.82 Å². The molecule has 0 unspecified atom stereocenters. The lowest BCUT2D eigenvalue weighted by atomic mass is 10.1. The van der Waals surface area contributed by atoms with E-state index in [9.17, 15) is 9.18 Å². The van der Waals surface area contributed by atoms with Gasteiger partial charge >= 0.3 is 0 Å². The maximum atomic E-state index is 13.3. The Bertz CT molecular complexity index is 446. The molecule has 2 N–H and O–H groups in total. The van der Waals surface area contributed by atoms with Gasteiger partial charge in [-0.15, -0.1) is 0 Å². The van der Waals surface area contributed by atoms with E-state index in [0.29, 0.717) is 10.2 Å². The second-order valence-corrected chi connectivity index (χ2v) is 4.90. The summed E-state index contributed by atoms with van der Waals surface area (Å²) in [5, 5.41) is 0. The number of benzene rings is 1. The van der Waals surface area contributed by atoms with Crippen LogP contribution < -0.4 is 10.5 Å². The van der Waals surface area contributed by atoms with E-state index in [1.54, 1.807) is 0 Å². The molecule has 5 heteroatoms. The first-order chi connectivity index (χ1) is 8.11. The normalized spacial score (nSPS) is 14.8. The summed E-state index contributed by atoms with van der Waals surface area (Å²) in [5.41, 5.74) is 5.61. The van der Waals surface area contributed by atoms with Crippen LogP contribution in [0.25, 0.3) is 0 Å². The molecule has 1 aromatic carbocycles. The zero-order valence-electron chi connectivity index (χ0n) is 9.21. The first-order valence-corrected chi connectivity index (χ1v) is 6.30. The average Bonchev–Trinajstić information content (AvgIpc) is 3.05. The van der Waals surface area contributed by atoms with Gasteiger partial charge in [-0.05, 0) is 47.4 Å². The van der Waals surface area contributed by atoms with Gasteiger partial charge in [-0.2, -0.15) is 0 Å². The number of ether oxygens (including phenoxy) is 1. The highest BCUT2D eigenvalue weighted by Gasteiger charge is 2.27. The Labute approximate surface area is 107 Å². The molecule has 1 fully saturated rings. The van der Waals surface area contributed by atoms with Crippen LogP contribution >= 0.6 is 15.9 Å². The van der Waals surface area contributed by atoms with Crippen LogP contribution in [0.1, 0.15) is 29.6 Å². The molecule has 0 spiro atoms. The molecule has 0 aromatic heterocycles. The zero-order valence-corrected chi connectivity index (χ0v) is 10.8. The number of nitrogens with two attached hydrogens (primary N) is 1. The lowest BCUT2D eigenvalue weighted by molar-refractivity contribution is 0.0980. The van der Waals surface area contributed by atoms with Crippen molar-refractivity contribution in [1.29, 1.82) is 0 Å². The van der Waals surface area contributed by atoms with Crippen molar-refractivity contribution in [3.05, 3.63) is 28.0 Å². The van der Waals surface area contributed by atoms with E-state index in [1.807, 2.05) is 0 Å². The summed E-state index contributed by atoms with van der Waals surface area (Å²) in [4.78, 5) is 11.8. The third kappa shape index (κ3) is 3.04. The molecule has 0 heterocycles. The lowest BCUT2D eigenvalue weighted by Gasteiger charge is -2.12. The van der Waals surface area contributed by atoms with E-state index < -0.39 is 5.82 Å². The molecule has 2 rings (SSSR count). The minimum absolute atomic E-state index is 0.154. The smallest absolute Gasteiger partial charge is 0.168 e. The number of ketones is 1. The van der Waals surface area contributed by atoms with E-state index in [4.69, 9.17) is 10.5 Å². The van der Waals surface area contributed by atoms with Crippen LogP contribution in [-0.4, -0.2) is 18.4 Å². The first-order valence-electron chi connectivity index (χ1n) is 5.50. The Kier molecular flexibility index (Phi) is 3.79.